The van der Waals surface area contributed by atoms with E-state index in [1.807, 2.05) is 12.3 Å². The predicted molar refractivity (Wildman–Crippen MR) is 44.3 cm³/mol. The summed E-state index contributed by atoms with van der Waals surface area (Å²) in [5.74, 6) is 0.907. The fraction of sp³-hybridized carbons (Fsp3) is 0.286. The van der Waals surface area contributed by atoms with Crippen LogP contribution in [0.15, 0.2) is 23.1 Å². The largest absolute Gasteiger partial charge is 0.329 e. The Bertz CT molecular complexity index is 256. The number of hydrogen-bond acceptors (Lipinski definition) is 2. The lowest BCUT2D eigenvalue weighted by Gasteiger charge is -1.93. The second-order valence-electron chi connectivity index (χ2n) is 1.99. The van der Waals surface area contributed by atoms with Crippen LogP contribution in [0.25, 0.3) is 0 Å². The number of H-pyrrole nitrogens is 1. The van der Waals surface area contributed by atoms with Crippen LogP contribution in [0.4, 0.5) is 0 Å². The maximum Gasteiger partial charge on any atom is 0.248 e. The summed E-state index contributed by atoms with van der Waals surface area (Å²) in [6.45, 7) is 0. The first-order valence-electron chi connectivity index (χ1n) is 2.99. The van der Waals surface area contributed by atoms with Crippen molar-refractivity contribution in [3.8, 4) is 0 Å². The summed E-state index contributed by atoms with van der Waals surface area (Å²) < 4.78 is 0. The molecule has 1 N–H and O–H groups in total. The molecule has 1 aromatic rings. The normalized spacial score (nSPS) is 9.70. The van der Waals surface area contributed by atoms with Gasteiger partial charge in [0.2, 0.25) is 5.56 Å². The van der Waals surface area contributed by atoms with Crippen molar-refractivity contribution in [1.82, 2.24) is 4.98 Å². The average molecular weight is 155 g/mol. The van der Waals surface area contributed by atoms with E-state index in [0.717, 1.165) is 11.3 Å². The monoisotopic (exact) mass is 155 g/mol. The van der Waals surface area contributed by atoms with E-state index in [1.165, 1.54) is 0 Å². The quantitative estimate of drug-likeness (QED) is 0.697. The maximum atomic E-state index is 10.7. The molecule has 0 amide bonds. The van der Waals surface area contributed by atoms with Gasteiger partial charge in [0.05, 0.1) is 0 Å². The molecule has 1 rings (SSSR count). The van der Waals surface area contributed by atoms with E-state index in [9.17, 15) is 4.79 Å². The Labute approximate surface area is 63.7 Å². The molecule has 0 fully saturated rings. The minimum Gasteiger partial charge on any atom is -0.329 e. The maximum absolute atomic E-state index is 10.7. The second kappa shape index (κ2) is 3.46. The average Bonchev–Trinajstić information content (AvgIpc) is 1.88. The number of thioether (sulfide) groups is 1. The Morgan fingerprint density at radius 3 is 3.10 bits per heavy atom. The molecular weight excluding hydrogens is 146 g/mol. The number of aromatic nitrogens is 1. The molecule has 0 unspecified atom stereocenters. The lowest BCUT2D eigenvalue weighted by molar-refractivity contribution is 1.20. The molecule has 0 aliphatic heterocycles. The minimum atomic E-state index is -0.0217. The number of nitrogens with one attached hydrogen (secondary N) is 1. The summed E-state index contributed by atoms with van der Waals surface area (Å²) in [6, 6.07) is 3.54. The van der Waals surface area contributed by atoms with Gasteiger partial charge < -0.3 is 4.98 Å². The molecule has 0 bridgehead atoms. The van der Waals surface area contributed by atoms with E-state index in [1.54, 1.807) is 24.0 Å². The van der Waals surface area contributed by atoms with E-state index in [2.05, 4.69) is 4.98 Å². The highest BCUT2D eigenvalue weighted by molar-refractivity contribution is 7.97. The number of pyridine rings is 1. The third-order valence-corrected chi connectivity index (χ3v) is 1.77. The van der Waals surface area contributed by atoms with Crippen molar-refractivity contribution in [1.29, 1.82) is 0 Å². The fourth-order valence-corrected chi connectivity index (χ4v) is 1.26. The van der Waals surface area contributed by atoms with E-state index < -0.39 is 0 Å². The zero-order chi connectivity index (χ0) is 7.40. The SMILES string of the molecule is CSCc1cc[nH]c(=O)c1. The molecule has 10 heavy (non-hydrogen) atoms. The van der Waals surface area contributed by atoms with Gasteiger partial charge in [-0.25, -0.2) is 0 Å². The van der Waals surface area contributed by atoms with E-state index in [0.29, 0.717) is 0 Å². The molecule has 0 saturated heterocycles. The molecule has 0 aromatic carbocycles. The van der Waals surface area contributed by atoms with Crippen LogP contribution in [0.3, 0.4) is 0 Å². The lowest BCUT2D eigenvalue weighted by atomic mass is 10.3. The Balaban J connectivity index is 2.85. The first kappa shape index (κ1) is 7.41. The summed E-state index contributed by atoms with van der Waals surface area (Å²) in [5, 5.41) is 0. The molecule has 0 spiro atoms. The predicted octanol–water partition coefficient (Wildman–Crippen LogP) is 1.24. The van der Waals surface area contributed by atoms with Crippen LogP contribution >= 0.6 is 11.8 Å². The van der Waals surface area contributed by atoms with Crippen LogP contribution in [0.5, 0.6) is 0 Å². The van der Waals surface area contributed by atoms with Gasteiger partial charge in [-0.3, -0.25) is 4.79 Å². The summed E-state index contributed by atoms with van der Waals surface area (Å²) >= 11 is 1.71. The molecule has 0 saturated carbocycles. The topological polar surface area (TPSA) is 32.9 Å². The highest BCUT2D eigenvalue weighted by Crippen LogP contribution is 2.04. The summed E-state index contributed by atoms with van der Waals surface area (Å²) in [5.41, 5.74) is 1.06. The molecule has 0 aliphatic carbocycles. The molecule has 0 aliphatic rings. The van der Waals surface area contributed by atoms with Crippen molar-refractivity contribution in [2.75, 3.05) is 6.26 Å². The first-order valence-corrected chi connectivity index (χ1v) is 4.39. The van der Waals surface area contributed by atoms with Gasteiger partial charge >= 0.3 is 0 Å². The Morgan fingerprint density at radius 2 is 2.50 bits per heavy atom. The molecule has 1 heterocycles. The summed E-state index contributed by atoms with van der Waals surface area (Å²) in [7, 11) is 0. The van der Waals surface area contributed by atoms with Gasteiger partial charge in [0.1, 0.15) is 0 Å². The first-order chi connectivity index (χ1) is 4.83. The molecule has 0 atom stereocenters. The van der Waals surface area contributed by atoms with Gasteiger partial charge in [-0.05, 0) is 17.9 Å². The van der Waals surface area contributed by atoms with Crippen molar-refractivity contribution in [3.63, 3.8) is 0 Å². The number of hydrogen-bond donors (Lipinski definition) is 1. The molecule has 3 heteroatoms. The van der Waals surface area contributed by atoms with E-state index in [4.69, 9.17) is 0 Å². The zero-order valence-corrected chi connectivity index (χ0v) is 6.57. The molecule has 54 valence electrons. The van der Waals surface area contributed by atoms with Gasteiger partial charge in [0.15, 0.2) is 0 Å². The van der Waals surface area contributed by atoms with Crippen LogP contribution in [0.1, 0.15) is 5.56 Å². The summed E-state index contributed by atoms with van der Waals surface area (Å²) in [4.78, 5) is 13.3. The minimum absolute atomic E-state index is 0.0217. The van der Waals surface area contributed by atoms with Gasteiger partial charge in [-0.1, -0.05) is 0 Å². The number of rotatable bonds is 2. The Kier molecular flexibility index (Phi) is 2.57. The molecule has 2 nitrogen and oxygen atoms in total. The Morgan fingerprint density at radius 1 is 1.70 bits per heavy atom. The smallest absolute Gasteiger partial charge is 0.248 e. The van der Waals surface area contributed by atoms with Gasteiger partial charge in [-0.15, -0.1) is 0 Å². The highest BCUT2D eigenvalue weighted by Gasteiger charge is 1.89. The van der Waals surface area contributed by atoms with Crippen LogP contribution in [0.2, 0.25) is 0 Å². The Hall–Kier alpha value is -0.700. The highest BCUT2D eigenvalue weighted by atomic mass is 32.2. The fourth-order valence-electron chi connectivity index (χ4n) is 0.745. The van der Waals surface area contributed by atoms with Gasteiger partial charge in [-0.2, -0.15) is 11.8 Å². The second-order valence-corrected chi connectivity index (χ2v) is 2.86. The van der Waals surface area contributed by atoms with Crippen molar-refractivity contribution in [2.45, 2.75) is 5.75 Å². The third kappa shape index (κ3) is 1.92. The van der Waals surface area contributed by atoms with Crippen molar-refractivity contribution in [2.24, 2.45) is 0 Å². The third-order valence-electron chi connectivity index (χ3n) is 1.15. The van der Waals surface area contributed by atoms with Crippen molar-refractivity contribution >= 4 is 11.8 Å². The molecular formula is C7H9NOS. The van der Waals surface area contributed by atoms with Crippen LogP contribution < -0.4 is 5.56 Å². The van der Waals surface area contributed by atoms with E-state index in [-0.39, 0.29) is 5.56 Å². The van der Waals surface area contributed by atoms with Gasteiger partial charge in [0, 0.05) is 18.0 Å². The van der Waals surface area contributed by atoms with Crippen LogP contribution in [-0.4, -0.2) is 11.2 Å². The van der Waals surface area contributed by atoms with Crippen molar-refractivity contribution < 1.29 is 0 Å². The lowest BCUT2D eigenvalue weighted by Crippen LogP contribution is -2.02. The van der Waals surface area contributed by atoms with Crippen molar-refractivity contribution in [3.05, 3.63) is 34.2 Å². The van der Waals surface area contributed by atoms with E-state index >= 15 is 0 Å². The zero-order valence-electron chi connectivity index (χ0n) is 5.76. The number of aromatic amines is 1. The summed E-state index contributed by atoms with van der Waals surface area (Å²) in [6.07, 6.45) is 3.69. The molecule has 0 radical (unpaired) electrons. The van der Waals surface area contributed by atoms with Gasteiger partial charge in [0.25, 0.3) is 0 Å². The van der Waals surface area contributed by atoms with Crippen LogP contribution in [-0.2, 0) is 5.75 Å². The standard InChI is InChI=1S/C7H9NOS/c1-10-5-6-2-3-8-7(9)4-6/h2-4H,5H2,1H3,(H,8,9). The van der Waals surface area contributed by atoms with Crippen LogP contribution in [0, 0.1) is 0 Å². The molecule has 1 aromatic heterocycles.